The number of ether oxygens (including phenoxy) is 1. The molecule has 0 spiro atoms. The summed E-state index contributed by atoms with van der Waals surface area (Å²) in [4.78, 5) is 28.1. The second-order valence-electron chi connectivity index (χ2n) is 5.15. The van der Waals surface area contributed by atoms with Crippen LogP contribution < -0.4 is 5.43 Å². The monoisotopic (exact) mass is 339 g/mol. The zero-order valence-corrected chi connectivity index (χ0v) is 13.6. The molecule has 0 bridgehead atoms. The molecule has 0 atom stereocenters. The van der Waals surface area contributed by atoms with Gasteiger partial charge in [-0.15, -0.1) is 0 Å². The standard InChI is InChI=1S/C19H14ClNO3/c1-24-19(23)14(11-12-7-3-2-4-8-12)16-17(22)13-9-5-6-10-15(13)21-18(16)20/h2-11H,1H3,(H,21,22)/b14-11+. The van der Waals surface area contributed by atoms with Gasteiger partial charge in [0.15, 0.2) is 5.43 Å². The number of carbonyl (C=O) groups is 1. The van der Waals surface area contributed by atoms with Gasteiger partial charge < -0.3 is 9.72 Å². The van der Waals surface area contributed by atoms with Crippen molar-refractivity contribution in [1.82, 2.24) is 4.98 Å². The molecule has 24 heavy (non-hydrogen) atoms. The van der Waals surface area contributed by atoms with Crippen LogP contribution >= 0.6 is 11.6 Å². The van der Waals surface area contributed by atoms with Crippen LogP contribution in [0.3, 0.4) is 0 Å². The van der Waals surface area contributed by atoms with Crippen molar-refractivity contribution in [2.45, 2.75) is 0 Å². The maximum Gasteiger partial charge on any atom is 0.338 e. The summed E-state index contributed by atoms with van der Waals surface area (Å²) < 4.78 is 4.84. The van der Waals surface area contributed by atoms with Crippen LogP contribution in [0.4, 0.5) is 0 Å². The Hall–Kier alpha value is -2.85. The van der Waals surface area contributed by atoms with Gasteiger partial charge in [0.25, 0.3) is 0 Å². The minimum atomic E-state index is -0.624. The fourth-order valence-corrected chi connectivity index (χ4v) is 2.79. The number of benzene rings is 2. The van der Waals surface area contributed by atoms with E-state index < -0.39 is 5.97 Å². The van der Waals surface area contributed by atoms with E-state index in [1.807, 2.05) is 30.3 Å². The number of pyridine rings is 1. The maximum absolute atomic E-state index is 12.8. The summed E-state index contributed by atoms with van der Waals surface area (Å²) in [5.41, 5.74) is 1.27. The van der Waals surface area contributed by atoms with Crippen molar-refractivity contribution in [2.24, 2.45) is 0 Å². The number of halogens is 1. The highest BCUT2D eigenvalue weighted by molar-refractivity contribution is 6.35. The highest BCUT2D eigenvalue weighted by atomic mass is 35.5. The molecule has 1 aromatic heterocycles. The molecule has 120 valence electrons. The molecule has 0 aliphatic carbocycles. The first-order valence-electron chi connectivity index (χ1n) is 7.27. The van der Waals surface area contributed by atoms with Gasteiger partial charge in [0.05, 0.1) is 23.8 Å². The van der Waals surface area contributed by atoms with E-state index in [0.29, 0.717) is 10.9 Å². The smallest absolute Gasteiger partial charge is 0.338 e. The zero-order chi connectivity index (χ0) is 17.1. The number of aromatic amines is 1. The number of rotatable bonds is 3. The van der Waals surface area contributed by atoms with Crippen molar-refractivity contribution in [2.75, 3.05) is 7.11 Å². The minimum absolute atomic E-state index is 0.103. The number of para-hydroxylation sites is 1. The molecule has 0 radical (unpaired) electrons. The summed E-state index contributed by atoms with van der Waals surface area (Å²) in [6, 6.07) is 16.2. The fourth-order valence-electron chi connectivity index (χ4n) is 2.50. The Bertz CT molecular complexity index is 990. The lowest BCUT2D eigenvalue weighted by Gasteiger charge is -2.09. The van der Waals surface area contributed by atoms with Gasteiger partial charge >= 0.3 is 5.97 Å². The van der Waals surface area contributed by atoms with Gasteiger partial charge in [-0.1, -0.05) is 54.1 Å². The maximum atomic E-state index is 12.8. The number of fused-ring (bicyclic) bond motifs is 1. The van der Waals surface area contributed by atoms with E-state index in [-0.39, 0.29) is 21.7 Å². The van der Waals surface area contributed by atoms with Gasteiger partial charge in [-0.2, -0.15) is 0 Å². The van der Waals surface area contributed by atoms with E-state index in [4.69, 9.17) is 16.3 Å². The first-order valence-corrected chi connectivity index (χ1v) is 7.65. The number of hydrogen-bond donors (Lipinski definition) is 1. The van der Waals surface area contributed by atoms with Gasteiger partial charge in [0.1, 0.15) is 5.15 Å². The molecule has 4 nitrogen and oxygen atoms in total. The third kappa shape index (κ3) is 2.96. The molecule has 3 aromatic rings. The first-order chi connectivity index (χ1) is 11.6. The van der Waals surface area contributed by atoms with E-state index in [9.17, 15) is 9.59 Å². The molecule has 1 heterocycles. The Morgan fingerprint density at radius 3 is 2.46 bits per heavy atom. The summed E-state index contributed by atoms with van der Waals surface area (Å²) in [5.74, 6) is -0.624. The number of H-pyrrole nitrogens is 1. The fraction of sp³-hybridized carbons (Fsp3) is 0.0526. The Balaban J connectivity index is 2.30. The van der Waals surface area contributed by atoms with E-state index >= 15 is 0 Å². The lowest BCUT2D eigenvalue weighted by molar-refractivity contribution is -0.133. The lowest BCUT2D eigenvalue weighted by atomic mass is 10.0. The van der Waals surface area contributed by atoms with Crippen LogP contribution in [0.2, 0.25) is 5.15 Å². The molecule has 5 heteroatoms. The molecule has 0 amide bonds. The number of methoxy groups -OCH3 is 1. The number of hydrogen-bond acceptors (Lipinski definition) is 3. The molecule has 0 saturated heterocycles. The summed E-state index contributed by atoms with van der Waals surface area (Å²) in [6.07, 6.45) is 1.59. The summed E-state index contributed by atoms with van der Waals surface area (Å²) in [7, 11) is 1.27. The summed E-state index contributed by atoms with van der Waals surface area (Å²) in [6.45, 7) is 0. The molecular weight excluding hydrogens is 326 g/mol. The van der Waals surface area contributed by atoms with Crippen molar-refractivity contribution in [3.8, 4) is 0 Å². The number of carbonyl (C=O) groups excluding carboxylic acids is 1. The molecule has 0 saturated carbocycles. The van der Waals surface area contributed by atoms with E-state index in [1.165, 1.54) is 7.11 Å². The third-order valence-corrected chi connectivity index (χ3v) is 3.93. The number of nitrogens with one attached hydrogen (secondary N) is 1. The van der Waals surface area contributed by atoms with Crippen molar-refractivity contribution in [3.05, 3.63) is 81.1 Å². The lowest BCUT2D eigenvalue weighted by Crippen LogP contribution is -2.16. The van der Waals surface area contributed by atoms with Crippen LogP contribution in [-0.4, -0.2) is 18.1 Å². The largest absolute Gasteiger partial charge is 0.465 e. The molecule has 3 rings (SSSR count). The van der Waals surface area contributed by atoms with Crippen molar-refractivity contribution in [3.63, 3.8) is 0 Å². The Kier molecular flexibility index (Phi) is 4.49. The van der Waals surface area contributed by atoms with Gasteiger partial charge in [-0.25, -0.2) is 4.79 Å². The van der Waals surface area contributed by atoms with Gasteiger partial charge in [0, 0.05) is 5.39 Å². The van der Waals surface area contributed by atoms with Crippen LogP contribution in [0.25, 0.3) is 22.6 Å². The molecule has 0 aliphatic rings. The third-order valence-electron chi connectivity index (χ3n) is 3.65. The summed E-state index contributed by atoms with van der Waals surface area (Å²) in [5, 5.41) is 0.561. The first kappa shape index (κ1) is 16.0. The van der Waals surface area contributed by atoms with Crippen molar-refractivity contribution < 1.29 is 9.53 Å². The van der Waals surface area contributed by atoms with E-state index in [2.05, 4.69) is 4.98 Å². The molecule has 0 unspecified atom stereocenters. The zero-order valence-electron chi connectivity index (χ0n) is 12.9. The predicted molar refractivity (Wildman–Crippen MR) is 95.9 cm³/mol. The molecule has 0 aliphatic heterocycles. The molecule has 0 fully saturated rings. The Morgan fingerprint density at radius 1 is 1.08 bits per heavy atom. The number of aromatic nitrogens is 1. The van der Waals surface area contributed by atoms with E-state index in [1.54, 1.807) is 30.3 Å². The summed E-state index contributed by atoms with van der Waals surface area (Å²) >= 11 is 6.27. The van der Waals surface area contributed by atoms with Crippen molar-refractivity contribution in [1.29, 1.82) is 0 Å². The average molecular weight is 340 g/mol. The van der Waals surface area contributed by atoms with E-state index in [0.717, 1.165) is 5.56 Å². The topological polar surface area (TPSA) is 59.2 Å². The van der Waals surface area contributed by atoms with Gasteiger partial charge in [0.2, 0.25) is 0 Å². The van der Waals surface area contributed by atoms with Crippen LogP contribution in [-0.2, 0) is 9.53 Å². The Labute approximate surface area is 143 Å². The SMILES string of the molecule is COC(=O)/C(=C/c1ccccc1)c1c(Cl)[nH]c2ccccc2c1=O. The van der Waals surface area contributed by atoms with Crippen LogP contribution in [0.1, 0.15) is 11.1 Å². The van der Waals surface area contributed by atoms with Gasteiger partial charge in [-0.05, 0) is 23.8 Å². The predicted octanol–water partition coefficient (Wildman–Crippen LogP) is 3.90. The molecule has 2 aromatic carbocycles. The van der Waals surface area contributed by atoms with Crippen LogP contribution in [0.15, 0.2) is 59.4 Å². The second kappa shape index (κ2) is 6.72. The van der Waals surface area contributed by atoms with Crippen LogP contribution in [0, 0.1) is 0 Å². The minimum Gasteiger partial charge on any atom is -0.465 e. The average Bonchev–Trinajstić information content (AvgIpc) is 2.61. The second-order valence-corrected chi connectivity index (χ2v) is 5.53. The Morgan fingerprint density at radius 2 is 1.75 bits per heavy atom. The van der Waals surface area contributed by atoms with Gasteiger partial charge in [-0.3, -0.25) is 4.79 Å². The van der Waals surface area contributed by atoms with Crippen LogP contribution in [0.5, 0.6) is 0 Å². The normalized spacial score (nSPS) is 11.5. The molecule has 1 N–H and O–H groups in total. The van der Waals surface area contributed by atoms with Crippen molar-refractivity contribution >= 4 is 40.1 Å². The highest BCUT2D eigenvalue weighted by Crippen LogP contribution is 2.25. The number of esters is 1. The quantitative estimate of drug-likeness (QED) is 0.447. The molecular formula is C19H14ClNO3. The highest BCUT2D eigenvalue weighted by Gasteiger charge is 2.21.